The van der Waals surface area contributed by atoms with Crippen LogP contribution in [0, 0.1) is 13.8 Å². The number of carbonyl (C=O) groups excluding carboxylic acids is 1. The van der Waals surface area contributed by atoms with Crippen molar-refractivity contribution >= 4 is 11.6 Å². The van der Waals surface area contributed by atoms with Crippen molar-refractivity contribution in [3.63, 3.8) is 0 Å². The lowest BCUT2D eigenvalue weighted by atomic mass is 9.96. The molecule has 2 aromatic heterocycles. The first kappa shape index (κ1) is 17.8. The zero-order valence-electron chi connectivity index (χ0n) is 15.2. The molecular formula is C18H26N4O3. The number of aliphatic hydroxyl groups is 1. The van der Waals surface area contributed by atoms with Crippen LogP contribution in [0.15, 0.2) is 18.3 Å². The number of ether oxygens (including phenoxy) is 1. The number of aryl methyl sites for hydroxylation is 2. The summed E-state index contributed by atoms with van der Waals surface area (Å²) in [7, 11) is 1.96. The lowest BCUT2D eigenvalue weighted by Gasteiger charge is -2.47. The fraction of sp³-hybridized carbons (Fsp3) is 0.556. The Labute approximate surface area is 147 Å². The molecule has 0 aromatic carbocycles. The van der Waals surface area contributed by atoms with E-state index in [1.807, 2.05) is 44.5 Å². The highest BCUT2D eigenvalue weighted by Gasteiger charge is 2.40. The molecule has 3 heterocycles. The third kappa shape index (κ3) is 3.15. The first-order valence-electron chi connectivity index (χ1n) is 8.53. The van der Waals surface area contributed by atoms with Crippen LogP contribution in [0.4, 0.5) is 0 Å². The van der Waals surface area contributed by atoms with E-state index < -0.39 is 5.54 Å². The van der Waals surface area contributed by atoms with Gasteiger partial charge in [-0.3, -0.25) is 9.69 Å². The standard InChI is InChI=1S/C18H26N4O3/c1-12-7-13(2)22-6-5-15(16(22)20-12)17(24)19-9-18(10-23)11-25-8-14(3)21(18)4/h5-7,14,23H,8-11H2,1-4H3,(H,19,24)/t14-,18+/m1/s1. The van der Waals surface area contributed by atoms with Gasteiger partial charge in [0.15, 0.2) is 0 Å². The molecule has 1 aliphatic rings. The van der Waals surface area contributed by atoms with Crippen LogP contribution in [-0.2, 0) is 4.74 Å². The number of rotatable bonds is 4. The van der Waals surface area contributed by atoms with Crippen LogP contribution in [-0.4, -0.2) is 70.3 Å². The van der Waals surface area contributed by atoms with Gasteiger partial charge >= 0.3 is 0 Å². The lowest BCUT2D eigenvalue weighted by Crippen LogP contribution is -2.65. The molecule has 0 unspecified atom stereocenters. The summed E-state index contributed by atoms with van der Waals surface area (Å²) in [5.74, 6) is -0.195. The molecule has 136 valence electrons. The lowest BCUT2D eigenvalue weighted by molar-refractivity contribution is -0.105. The minimum absolute atomic E-state index is 0.0822. The summed E-state index contributed by atoms with van der Waals surface area (Å²) in [4.78, 5) is 19.3. The first-order chi connectivity index (χ1) is 11.9. The van der Waals surface area contributed by atoms with Crippen LogP contribution in [0.2, 0.25) is 0 Å². The van der Waals surface area contributed by atoms with E-state index in [4.69, 9.17) is 4.74 Å². The second kappa shape index (κ2) is 6.74. The summed E-state index contributed by atoms with van der Waals surface area (Å²) < 4.78 is 7.52. The molecule has 25 heavy (non-hydrogen) atoms. The Morgan fingerprint density at radius 3 is 3.00 bits per heavy atom. The van der Waals surface area contributed by atoms with E-state index in [1.54, 1.807) is 6.07 Å². The van der Waals surface area contributed by atoms with Crippen molar-refractivity contribution in [2.75, 3.05) is 33.4 Å². The van der Waals surface area contributed by atoms with E-state index in [0.717, 1.165) is 11.4 Å². The molecule has 0 saturated carbocycles. The smallest absolute Gasteiger partial charge is 0.255 e. The highest BCUT2D eigenvalue weighted by molar-refractivity contribution is 6.00. The maximum absolute atomic E-state index is 12.7. The summed E-state index contributed by atoms with van der Waals surface area (Å²) >= 11 is 0. The molecule has 0 radical (unpaired) electrons. The highest BCUT2D eigenvalue weighted by Crippen LogP contribution is 2.22. The molecule has 7 nitrogen and oxygen atoms in total. The number of hydrogen-bond donors (Lipinski definition) is 2. The van der Waals surface area contributed by atoms with Gasteiger partial charge in [-0.05, 0) is 40.0 Å². The molecular weight excluding hydrogens is 320 g/mol. The van der Waals surface area contributed by atoms with Crippen molar-refractivity contribution in [3.05, 3.63) is 35.3 Å². The Kier molecular flexibility index (Phi) is 4.81. The van der Waals surface area contributed by atoms with Gasteiger partial charge in [0.1, 0.15) is 5.65 Å². The average molecular weight is 346 g/mol. The minimum Gasteiger partial charge on any atom is -0.394 e. The molecule has 1 saturated heterocycles. The van der Waals surface area contributed by atoms with Gasteiger partial charge < -0.3 is 19.6 Å². The van der Waals surface area contributed by atoms with Crippen molar-refractivity contribution in [1.29, 1.82) is 0 Å². The molecule has 3 rings (SSSR count). The largest absolute Gasteiger partial charge is 0.394 e. The second-order valence-corrected chi connectivity index (χ2v) is 7.00. The van der Waals surface area contributed by atoms with Gasteiger partial charge in [0.2, 0.25) is 0 Å². The number of morpholine rings is 1. The molecule has 7 heteroatoms. The number of nitrogens with one attached hydrogen (secondary N) is 1. The zero-order chi connectivity index (χ0) is 18.2. The Morgan fingerprint density at radius 1 is 1.52 bits per heavy atom. The third-order valence-electron chi connectivity index (χ3n) is 5.20. The number of nitrogens with zero attached hydrogens (tertiary/aromatic N) is 3. The molecule has 1 fully saturated rings. The van der Waals surface area contributed by atoms with Gasteiger partial charge in [0, 0.05) is 30.2 Å². The number of aromatic nitrogens is 2. The quantitative estimate of drug-likeness (QED) is 0.855. The van der Waals surface area contributed by atoms with Gasteiger partial charge in [-0.2, -0.15) is 0 Å². The normalized spacial score (nSPS) is 24.6. The number of likely N-dealkylation sites (N-methyl/N-ethyl adjacent to an activating group) is 1. The number of amides is 1. The number of fused-ring (bicyclic) bond motifs is 1. The molecule has 0 aliphatic carbocycles. The van der Waals surface area contributed by atoms with Crippen molar-refractivity contribution < 1.29 is 14.6 Å². The fourth-order valence-corrected chi connectivity index (χ4v) is 3.40. The van der Waals surface area contributed by atoms with Crippen LogP contribution in [0.5, 0.6) is 0 Å². The molecule has 2 atom stereocenters. The second-order valence-electron chi connectivity index (χ2n) is 7.00. The molecule has 2 aromatic rings. The van der Waals surface area contributed by atoms with Crippen LogP contribution in [0.3, 0.4) is 0 Å². The van der Waals surface area contributed by atoms with E-state index in [2.05, 4.69) is 15.2 Å². The Balaban J connectivity index is 1.81. The third-order valence-corrected chi connectivity index (χ3v) is 5.20. The average Bonchev–Trinajstić information content (AvgIpc) is 3.00. The maximum atomic E-state index is 12.7. The predicted molar refractivity (Wildman–Crippen MR) is 94.9 cm³/mol. The minimum atomic E-state index is -0.609. The van der Waals surface area contributed by atoms with Gasteiger partial charge in [0.05, 0.1) is 30.9 Å². The molecule has 2 N–H and O–H groups in total. The number of aliphatic hydroxyl groups excluding tert-OH is 1. The van der Waals surface area contributed by atoms with E-state index in [-0.39, 0.29) is 18.6 Å². The van der Waals surface area contributed by atoms with E-state index in [1.165, 1.54) is 0 Å². The Hall–Kier alpha value is -1.96. The van der Waals surface area contributed by atoms with Crippen molar-refractivity contribution in [2.24, 2.45) is 0 Å². The summed E-state index contributed by atoms with van der Waals surface area (Å²) in [6, 6.07) is 3.94. The van der Waals surface area contributed by atoms with Gasteiger partial charge in [-0.25, -0.2) is 4.98 Å². The highest BCUT2D eigenvalue weighted by atomic mass is 16.5. The number of carbonyl (C=O) groups is 1. The fourth-order valence-electron chi connectivity index (χ4n) is 3.40. The summed E-state index contributed by atoms with van der Waals surface area (Å²) in [5, 5.41) is 12.9. The van der Waals surface area contributed by atoms with Crippen LogP contribution in [0.25, 0.3) is 5.65 Å². The van der Waals surface area contributed by atoms with E-state index in [0.29, 0.717) is 31.0 Å². The summed E-state index contributed by atoms with van der Waals surface area (Å²) in [6.45, 7) is 7.18. The van der Waals surface area contributed by atoms with Crippen molar-refractivity contribution in [1.82, 2.24) is 19.6 Å². The maximum Gasteiger partial charge on any atom is 0.255 e. The molecule has 0 spiro atoms. The summed E-state index contributed by atoms with van der Waals surface area (Å²) in [6.07, 6.45) is 1.85. The van der Waals surface area contributed by atoms with Crippen molar-refractivity contribution in [3.8, 4) is 0 Å². The van der Waals surface area contributed by atoms with Crippen LogP contribution < -0.4 is 5.32 Å². The van der Waals surface area contributed by atoms with Crippen LogP contribution in [0.1, 0.15) is 28.7 Å². The molecule has 0 bridgehead atoms. The van der Waals surface area contributed by atoms with E-state index >= 15 is 0 Å². The monoisotopic (exact) mass is 346 g/mol. The predicted octanol–water partition coefficient (Wildman–Crippen LogP) is 0.763. The first-order valence-corrected chi connectivity index (χ1v) is 8.53. The van der Waals surface area contributed by atoms with E-state index in [9.17, 15) is 9.90 Å². The van der Waals surface area contributed by atoms with Gasteiger partial charge in [-0.15, -0.1) is 0 Å². The SMILES string of the molecule is Cc1cc(C)n2ccc(C(=O)NC[C@]3(CO)COC[C@@H](C)N3C)c2n1. The van der Waals surface area contributed by atoms with Gasteiger partial charge in [0.25, 0.3) is 5.91 Å². The Bertz CT molecular complexity index is 788. The molecule has 1 aliphatic heterocycles. The van der Waals surface area contributed by atoms with Crippen LogP contribution >= 0.6 is 0 Å². The molecule has 1 amide bonds. The van der Waals surface area contributed by atoms with Crippen molar-refractivity contribution in [2.45, 2.75) is 32.4 Å². The zero-order valence-corrected chi connectivity index (χ0v) is 15.2. The Morgan fingerprint density at radius 2 is 2.28 bits per heavy atom. The summed E-state index contributed by atoms with van der Waals surface area (Å²) in [5.41, 5.74) is 2.48. The number of hydrogen-bond acceptors (Lipinski definition) is 5. The van der Waals surface area contributed by atoms with Gasteiger partial charge in [-0.1, -0.05) is 0 Å². The topological polar surface area (TPSA) is 79.1 Å².